The van der Waals surface area contributed by atoms with Crippen molar-refractivity contribution >= 4 is 40.7 Å². The first-order chi connectivity index (χ1) is 19.1. The van der Waals surface area contributed by atoms with Gasteiger partial charge in [-0.2, -0.15) is 0 Å². The zero-order chi connectivity index (χ0) is 30.5. The second-order valence-corrected chi connectivity index (χ2v) is 12.3. The number of aryl methyl sites for hydroxylation is 1. The minimum absolute atomic E-state index is 0.383. The van der Waals surface area contributed by atoms with E-state index in [0.717, 1.165) is 28.6 Å². The molecule has 2 heterocycles. The minimum Gasteiger partial charge on any atom is -0.451 e. The van der Waals surface area contributed by atoms with Crippen LogP contribution in [0.1, 0.15) is 72.6 Å². The van der Waals surface area contributed by atoms with E-state index in [-0.39, 0.29) is 0 Å². The molecule has 3 amide bonds. The Hall–Kier alpha value is -3.79. The molecule has 41 heavy (non-hydrogen) atoms. The third-order valence-electron chi connectivity index (χ3n) is 7.13. The average molecular weight is 566 g/mol. The van der Waals surface area contributed by atoms with Crippen LogP contribution >= 0.6 is 0 Å². The molecular formula is C31H43N5O5. The average Bonchev–Trinajstić information content (AvgIpc) is 2.92. The first-order valence-corrected chi connectivity index (χ1v) is 14.1. The molecule has 1 fully saturated rings. The smallest absolute Gasteiger partial charge is 0.316 e. The molecule has 1 aromatic carbocycles. The number of amides is 3. The van der Waals surface area contributed by atoms with E-state index in [1.165, 1.54) is 5.01 Å². The molecule has 222 valence electrons. The fraction of sp³-hybridized carbons (Fsp3) is 0.516. The third kappa shape index (κ3) is 8.13. The minimum atomic E-state index is -1.15. The molecular weight excluding hydrogens is 522 g/mol. The predicted molar refractivity (Wildman–Crippen MR) is 158 cm³/mol. The molecule has 1 saturated heterocycles. The molecule has 10 nitrogen and oxygen atoms in total. The van der Waals surface area contributed by atoms with Gasteiger partial charge in [0.2, 0.25) is 5.91 Å². The van der Waals surface area contributed by atoms with E-state index in [2.05, 4.69) is 22.7 Å². The monoisotopic (exact) mass is 565 g/mol. The van der Waals surface area contributed by atoms with Gasteiger partial charge in [-0.3, -0.25) is 29.2 Å². The Bertz CT molecular complexity index is 1330. The summed E-state index contributed by atoms with van der Waals surface area (Å²) in [6.45, 7) is 12.8. The first kappa shape index (κ1) is 31.7. The largest absolute Gasteiger partial charge is 0.451 e. The zero-order valence-corrected chi connectivity index (χ0v) is 25.1. The summed E-state index contributed by atoms with van der Waals surface area (Å²) in [6.07, 6.45) is 4.43. The van der Waals surface area contributed by atoms with Crippen molar-refractivity contribution in [2.75, 3.05) is 6.54 Å². The molecule has 0 bridgehead atoms. The van der Waals surface area contributed by atoms with E-state index in [0.29, 0.717) is 19.4 Å². The van der Waals surface area contributed by atoms with Crippen molar-refractivity contribution in [1.29, 1.82) is 0 Å². The molecule has 1 aliphatic heterocycles. The summed E-state index contributed by atoms with van der Waals surface area (Å²) in [7, 11) is 0. The van der Waals surface area contributed by atoms with E-state index in [4.69, 9.17) is 10.5 Å². The molecule has 0 saturated carbocycles. The van der Waals surface area contributed by atoms with Gasteiger partial charge in [0.15, 0.2) is 6.10 Å². The highest BCUT2D eigenvalue weighted by molar-refractivity contribution is 5.91. The van der Waals surface area contributed by atoms with E-state index in [1.807, 2.05) is 36.4 Å². The molecule has 4 N–H and O–H groups in total. The first-order valence-electron chi connectivity index (χ1n) is 14.1. The molecule has 0 radical (unpaired) electrons. The molecule has 0 spiro atoms. The van der Waals surface area contributed by atoms with Gasteiger partial charge in [0.25, 0.3) is 11.8 Å². The van der Waals surface area contributed by atoms with E-state index in [9.17, 15) is 19.2 Å². The normalized spacial score (nSPS) is 17.7. The second-order valence-electron chi connectivity index (χ2n) is 12.3. The number of benzene rings is 1. The lowest BCUT2D eigenvalue weighted by molar-refractivity contribution is -0.169. The Balaban J connectivity index is 1.69. The van der Waals surface area contributed by atoms with Crippen molar-refractivity contribution in [3.8, 4) is 0 Å². The Morgan fingerprint density at radius 2 is 1.85 bits per heavy atom. The van der Waals surface area contributed by atoms with Crippen molar-refractivity contribution < 1.29 is 23.9 Å². The zero-order valence-electron chi connectivity index (χ0n) is 25.1. The number of hydrogen-bond acceptors (Lipinski definition) is 7. The van der Waals surface area contributed by atoms with Gasteiger partial charge >= 0.3 is 5.97 Å². The lowest BCUT2D eigenvalue weighted by atomic mass is 9.87. The Kier molecular flexibility index (Phi) is 9.91. The van der Waals surface area contributed by atoms with Gasteiger partial charge in [0.05, 0.1) is 10.9 Å². The Morgan fingerprint density at radius 1 is 1.17 bits per heavy atom. The fourth-order valence-corrected chi connectivity index (χ4v) is 4.47. The number of esters is 1. The number of rotatable bonds is 9. The lowest BCUT2D eigenvalue weighted by Crippen LogP contribution is -2.61. The number of nitrogens with two attached hydrogens (primary N) is 1. The van der Waals surface area contributed by atoms with E-state index >= 15 is 0 Å². The summed E-state index contributed by atoms with van der Waals surface area (Å²) in [5.41, 5.74) is 9.19. The number of nitrogens with one attached hydrogen (secondary N) is 2. The summed E-state index contributed by atoms with van der Waals surface area (Å²) in [5, 5.41) is 5.02. The van der Waals surface area contributed by atoms with Crippen LogP contribution in [0.5, 0.6) is 0 Å². The number of fused-ring (bicyclic) bond motifs is 1. The number of nitrogens with zero attached hydrogens (tertiary/aromatic N) is 2. The number of ether oxygens (including phenoxy) is 1. The van der Waals surface area contributed by atoms with Crippen molar-refractivity contribution in [2.45, 2.75) is 85.9 Å². The van der Waals surface area contributed by atoms with Gasteiger partial charge in [-0.05, 0) is 57.7 Å². The maximum absolute atomic E-state index is 13.3. The molecule has 0 aliphatic carbocycles. The van der Waals surface area contributed by atoms with Crippen LogP contribution in [0.25, 0.3) is 17.0 Å². The fourth-order valence-electron chi connectivity index (χ4n) is 4.47. The van der Waals surface area contributed by atoms with Gasteiger partial charge in [0.1, 0.15) is 12.1 Å². The molecule has 3 atom stereocenters. The van der Waals surface area contributed by atoms with Crippen molar-refractivity contribution in [3.63, 3.8) is 0 Å². The van der Waals surface area contributed by atoms with Crippen molar-refractivity contribution in [3.05, 3.63) is 47.7 Å². The molecule has 1 aromatic heterocycles. The van der Waals surface area contributed by atoms with Crippen LogP contribution < -0.4 is 16.5 Å². The van der Waals surface area contributed by atoms with Crippen LogP contribution in [0.3, 0.4) is 0 Å². The maximum atomic E-state index is 13.3. The van der Waals surface area contributed by atoms with Crippen LogP contribution in [0.2, 0.25) is 0 Å². The number of primary amides is 1. The number of carbonyl (C=O) groups is 4. The Labute approximate surface area is 242 Å². The molecule has 3 rings (SSSR count). The SMILES string of the molecule is CCc1ccc2ccc(/C=C/C(C)(C)C(=O)OC(C(=O)NC(C)C(=O)N3CCCC(C(N)=O)N3)C(C)(C)C)cc2n1. The van der Waals surface area contributed by atoms with Gasteiger partial charge in [-0.1, -0.05) is 58.0 Å². The summed E-state index contributed by atoms with van der Waals surface area (Å²) >= 11 is 0. The van der Waals surface area contributed by atoms with Gasteiger partial charge in [0, 0.05) is 23.0 Å². The van der Waals surface area contributed by atoms with Crippen LogP contribution in [0.15, 0.2) is 36.4 Å². The topological polar surface area (TPSA) is 144 Å². The highest BCUT2D eigenvalue weighted by Gasteiger charge is 2.40. The van der Waals surface area contributed by atoms with Crippen LogP contribution in [-0.2, 0) is 30.3 Å². The third-order valence-corrected chi connectivity index (χ3v) is 7.13. The van der Waals surface area contributed by atoms with Gasteiger partial charge in [-0.15, -0.1) is 0 Å². The summed E-state index contributed by atoms with van der Waals surface area (Å²) in [6, 6.07) is 8.41. The van der Waals surface area contributed by atoms with Gasteiger partial charge in [-0.25, -0.2) is 5.43 Å². The number of hydrogen-bond donors (Lipinski definition) is 3. The van der Waals surface area contributed by atoms with Crippen molar-refractivity contribution in [2.24, 2.45) is 16.6 Å². The van der Waals surface area contributed by atoms with E-state index < -0.39 is 52.7 Å². The highest BCUT2D eigenvalue weighted by Crippen LogP contribution is 2.28. The summed E-state index contributed by atoms with van der Waals surface area (Å²) in [5.74, 6) is -2.11. The second kappa shape index (κ2) is 12.8. The molecule has 1 aliphatic rings. The molecule has 3 unspecified atom stereocenters. The highest BCUT2D eigenvalue weighted by atomic mass is 16.6. The quantitative estimate of drug-likeness (QED) is 0.396. The number of carbonyl (C=O) groups excluding carboxylic acids is 4. The molecule has 10 heteroatoms. The number of pyridine rings is 1. The summed E-state index contributed by atoms with van der Waals surface area (Å²) in [4.78, 5) is 55.8. The van der Waals surface area contributed by atoms with Crippen LogP contribution in [-0.4, -0.2) is 58.4 Å². The number of hydrazine groups is 1. The van der Waals surface area contributed by atoms with Crippen LogP contribution in [0.4, 0.5) is 0 Å². The van der Waals surface area contributed by atoms with Crippen LogP contribution in [0, 0.1) is 10.8 Å². The molecule has 2 aromatic rings. The maximum Gasteiger partial charge on any atom is 0.316 e. The van der Waals surface area contributed by atoms with E-state index in [1.54, 1.807) is 47.6 Å². The summed E-state index contributed by atoms with van der Waals surface area (Å²) < 4.78 is 5.79. The number of aromatic nitrogens is 1. The predicted octanol–water partition coefficient (Wildman–Crippen LogP) is 3.28. The van der Waals surface area contributed by atoms with Gasteiger partial charge < -0.3 is 15.8 Å². The lowest BCUT2D eigenvalue weighted by Gasteiger charge is -2.35. The standard InChI is InChI=1S/C31H43N5O5/c1-8-22-14-13-21-12-11-20(18-24(21)34-22)15-16-31(6,7)29(40)41-25(30(3,4)5)27(38)33-19(2)28(39)36-17-9-10-23(35-36)26(32)37/h11-16,18-19,23,25,35H,8-10,17H2,1-7H3,(H2,32,37)(H,33,38)/b16-15+. The Morgan fingerprint density at radius 3 is 2.49 bits per heavy atom. The van der Waals surface area contributed by atoms with Crippen molar-refractivity contribution in [1.82, 2.24) is 20.7 Å².